The lowest BCUT2D eigenvalue weighted by Crippen LogP contribution is -2.29. The van der Waals surface area contributed by atoms with Crippen molar-refractivity contribution in [2.75, 3.05) is 26.4 Å². The topological polar surface area (TPSA) is 134 Å². The van der Waals surface area contributed by atoms with E-state index in [1.807, 2.05) is 0 Å². The number of carbonyl (C=O) groups is 2. The molecule has 0 rings (SSSR count). The number of phosphoric acid groups is 1. The summed E-state index contributed by atoms with van der Waals surface area (Å²) in [6.07, 6.45) is 48.2. The van der Waals surface area contributed by atoms with E-state index in [-0.39, 0.29) is 32.6 Å². The monoisotopic (exact) mass is 794 g/mol. The van der Waals surface area contributed by atoms with Gasteiger partial charge in [-0.3, -0.25) is 18.6 Å². The molecule has 0 saturated carbocycles. The highest BCUT2D eigenvalue weighted by atomic mass is 31.2. The van der Waals surface area contributed by atoms with Gasteiger partial charge in [-0.1, -0.05) is 171 Å². The van der Waals surface area contributed by atoms with Gasteiger partial charge in [0.2, 0.25) is 0 Å². The van der Waals surface area contributed by atoms with Crippen molar-refractivity contribution in [1.29, 1.82) is 0 Å². The summed E-state index contributed by atoms with van der Waals surface area (Å²) in [6, 6.07) is 0. The van der Waals surface area contributed by atoms with Crippen LogP contribution in [-0.2, 0) is 32.7 Å². The summed E-state index contributed by atoms with van der Waals surface area (Å²) >= 11 is 0. The molecule has 0 radical (unpaired) electrons. The molecular weight excluding hydrogens is 713 g/mol. The van der Waals surface area contributed by atoms with E-state index in [4.69, 9.17) is 24.3 Å². The van der Waals surface area contributed by atoms with Gasteiger partial charge < -0.3 is 20.1 Å². The standard InChI is InChI=1S/C45H80NO8P/c1-3-5-7-9-11-13-15-17-19-20-21-22-24-26-28-30-32-34-36-38-45(48)54-43(42-53-55(49,50)52-40-39-46)41-51-44(47)37-35-33-31-29-27-25-23-18-16-14-12-10-8-6-4-2/h5,7,11,13,17,19,21-22,26,28,43H,3-4,6,8-10,12,14-16,18,20,23-25,27,29-42,46H2,1-2H3,(H,49,50). The largest absolute Gasteiger partial charge is 0.472 e. The van der Waals surface area contributed by atoms with Gasteiger partial charge in [0.05, 0.1) is 13.2 Å². The van der Waals surface area contributed by atoms with Gasteiger partial charge >= 0.3 is 19.8 Å². The van der Waals surface area contributed by atoms with Crippen molar-refractivity contribution in [3.05, 3.63) is 60.8 Å². The Morgan fingerprint density at radius 1 is 0.564 bits per heavy atom. The molecule has 55 heavy (non-hydrogen) atoms. The molecule has 3 N–H and O–H groups in total. The van der Waals surface area contributed by atoms with Gasteiger partial charge in [-0.15, -0.1) is 0 Å². The average molecular weight is 794 g/mol. The summed E-state index contributed by atoms with van der Waals surface area (Å²) in [5, 5.41) is 0. The van der Waals surface area contributed by atoms with Crippen LogP contribution in [0.15, 0.2) is 60.8 Å². The van der Waals surface area contributed by atoms with Crippen LogP contribution in [-0.4, -0.2) is 49.3 Å². The van der Waals surface area contributed by atoms with Gasteiger partial charge in [0, 0.05) is 19.4 Å². The molecule has 0 aliphatic heterocycles. The molecular formula is C45H80NO8P. The predicted molar refractivity (Wildman–Crippen MR) is 229 cm³/mol. The van der Waals surface area contributed by atoms with Crippen LogP contribution in [0.4, 0.5) is 0 Å². The lowest BCUT2D eigenvalue weighted by atomic mass is 10.0. The summed E-state index contributed by atoms with van der Waals surface area (Å²) < 4.78 is 32.7. The molecule has 0 aromatic rings. The maximum absolute atomic E-state index is 12.6. The van der Waals surface area contributed by atoms with Crippen LogP contribution in [0.2, 0.25) is 0 Å². The fraction of sp³-hybridized carbons (Fsp3) is 0.733. The van der Waals surface area contributed by atoms with Crippen molar-refractivity contribution in [3.8, 4) is 0 Å². The normalized spacial score (nSPS) is 13.9. The highest BCUT2D eigenvalue weighted by Crippen LogP contribution is 2.43. The highest BCUT2D eigenvalue weighted by molar-refractivity contribution is 7.47. The van der Waals surface area contributed by atoms with Crippen LogP contribution >= 0.6 is 7.82 Å². The third-order valence-electron chi connectivity index (χ3n) is 8.92. The number of unbranched alkanes of at least 4 members (excludes halogenated alkanes) is 17. The summed E-state index contributed by atoms with van der Waals surface area (Å²) in [5.41, 5.74) is 5.34. The molecule has 0 amide bonds. The molecule has 0 saturated heterocycles. The minimum atomic E-state index is -4.39. The smallest absolute Gasteiger partial charge is 0.462 e. The third kappa shape index (κ3) is 41.2. The molecule has 0 aliphatic rings. The van der Waals surface area contributed by atoms with E-state index in [0.717, 1.165) is 70.6 Å². The Balaban J connectivity index is 4.22. The molecule has 10 heteroatoms. The Morgan fingerprint density at radius 2 is 1.00 bits per heavy atom. The minimum Gasteiger partial charge on any atom is -0.462 e. The zero-order valence-corrected chi connectivity index (χ0v) is 35.8. The Morgan fingerprint density at radius 3 is 1.49 bits per heavy atom. The van der Waals surface area contributed by atoms with Gasteiger partial charge in [-0.2, -0.15) is 0 Å². The van der Waals surface area contributed by atoms with E-state index in [0.29, 0.717) is 6.42 Å². The van der Waals surface area contributed by atoms with Crippen molar-refractivity contribution < 1.29 is 37.6 Å². The molecule has 318 valence electrons. The fourth-order valence-corrected chi connectivity index (χ4v) is 6.48. The number of rotatable bonds is 40. The van der Waals surface area contributed by atoms with Crippen molar-refractivity contribution in [3.63, 3.8) is 0 Å². The van der Waals surface area contributed by atoms with Gasteiger partial charge in [0.15, 0.2) is 6.10 Å². The number of carbonyl (C=O) groups excluding carboxylic acids is 2. The second kappa shape index (κ2) is 41.3. The number of hydrogen-bond donors (Lipinski definition) is 2. The van der Waals surface area contributed by atoms with Crippen LogP contribution in [0, 0.1) is 0 Å². The molecule has 0 aromatic carbocycles. The third-order valence-corrected chi connectivity index (χ3v) is 9.90. The van der Waals surface area contributed by atoms with E-state index in [1.165, 1.54) is 77.0 Å². The SMILES string of the molecule is CCC=CCC=CCC=CCC=CCC=CCCCCCC(=O)OC(COC(=O)CCCCCCCCCCCCCCCCC)COP(=O)(O)OCCN. The first-order valence-electron chi connectivity index (χ1n) is 21.8. The van der Waals surface area contributed by atoms with Crippen molar-refractivity contribution in [2.45, 2.75) is 187 Å². The zero-order valence-electron chi connectivity index (χ0n) is 34.9. The number of allylic oxidation sites excluding steroid dienone is 10. The van der Waals surface area contributed by atoms with Gasteiger partial charge in [-0.25, -0.2) is 4.57 Å². The molecule has 0 fully saturated rings. The summed E-state index contributed by atoms with van der Waals surface area (Å²) in [5.74, 6) is -0.866. The van der Waals surface area contributed by atoms with Crippen molar-refractivity contribution in [2.24, 2.45) is 5.73 Å². The summed E-state index contributed by atoms with van der Waals surface area (Å²) in [6.45, 7) is 3.58. The average Bonchev–Trinajstić information content (AvgIpc) is 3.17. The zero-order chi connectivity index (χ0) is 40.3. The van der Waals surface area contributed by atoms with Gasteiger partial charge in [0.25, 0.3) is 0 Å². The van der Waals surface area contributed by atoms with Crippen LogP contribution in [0.25, 0.3) is 0 Å². The van der Waals surface area contributed by atoms with Crippen LogP contribution in [0.3, 0.4) is 0 Å². The lowest BCUT2D eigenvalue weighted by molar-refractivity contribution is -0.161. The maximum atomic E-state index is 12.6. The highest BCUT2D eigenvalue weighted by Gasteiger charge is 2.26. The predicted octanol–water partition coefficient (Wildman–Crippen LogP) is 12.5. The Bertz CT molecular complexity index is 1090. The Kier molecular flexibility index (Phi) is 39.6. The van der Waals surface area contributed by atoms with Crippen LogP contribution in [0.1, 0.15) is 181 Å². The van der Waals surface area contributed by atoms with Crippen molar-refractivity contribution in [1.82, 2.24) is 0 Å². The Hall–Kier alpha value is -2.29. The second-order valence-electron chi connectivity index (χ2n) is 14.2. The Labute approximate surface area is 336 Å². The van der Waals surface area contributed by atoms with Gasteiger partial charge in [0.1, 0.15) is 6.61 Å². The quantitative estimate of drug-likeness (QED) is 0.0269. The first-order chi connectivity index (χ1) is 26.8. The molecule has 2 atom stereocenters. The molecule has 0 bridgehead atoms. The molecule has 2 unspecified atom stereocenters. The number of esters is 2. The summed E-state index contributed by atoms with van der Waals surface area (Å²) in [4.78, 5) is 34.9. The van der Waals surface area contributed by atoms with E-state index < -0.39 is 32.5 Å². The van der Waals surface area contributed by atoms with E-state index in [1.54, 1.807) is 0 Å². The maximum Gasteiger partial charge on any atom is 0.472 e. The number of phosphoric ester groups is 1. The first kappa shape index (κ1) is 52.7. The fourth-order valence-electron chi connectivity index (χ4n) is 5.72. The summed E-state index contributed by atoms with van der Waals surface area (Å²) in [7, 11) is -4.39. The number of nitrogens with two attached hydrogens (primary N) is 1. The first-order valence-corrected chi connectivity index (χ1v) is 23.3. The molecule has 0 heterocycles. The van der Waals surface area contributed by atoms with Gasteiger partial charge in [-0.05, 0) is 57.8 Å². The molecule has 9 nitrogen and oxygen atoms in total. The van der Waals surface area contributed by atoms with E-state index >= 15 is 0 Å². The van der Waals surface area contributed by atoms with Crippen molar-refractivity contribution >= 4 is 19.8 Å². The number of hydrogen-bond acceptors (Lipinski definition) is 8. The van der Waals surface area contributed by atoms with E-state index in [9.17, 15) is 19.0 Å². The number of ether oxygens (including phenoxy) is 2. The second-order valence-corrected chi connectivity index (χ2v) is 15.6. The van der Waals surface area contributed by atoms with Crippen LogP contribution in [0.5, 0.6) is 0 Å². The lowest BCUT2D eigenvalue weighted by Gasteiger charge is -2.19. The van der Waals surface area contributed by atoms with E-state index in [2.05, 4.69) is 74.6 Å². The van der Waals surface area contributed by atoms with Crippen LogP contribution < -0.4 is 5.73 Å². The molecule has 0 aliphatic carbocycles. The minimum absolute atomic E-state index is 0.0460. The molecule has 0 spiro atoms. The molecule has 0 aromatic heterocycles.